The van der Waals surface area contributed by atoms with Gasteiger partial charge in [-0.25, -0.2) is 0 Å². The molecule has 0 N–H and O–H groups in total. The zero-order valence-electron chi connectivity index (χ0n) is 37.6. The van der Waals surface area contributed by atoms with Gasteiger partial charge in [0.05, 0.1) is 0 Å². The summed E-state index contributed by atoms with van der Waals surface area (Å²) in [5.41, 5.74) is 0. The highest BCUT2D eigenvalue weighted by Gasteiger charge is 2.19. The molecule has 0 fully saturated rings. The van der Waals surface area contributed by atoms with Crippen molar-refractivity contribution in [1.82, 2.24) is 0 Å². The van der Waals surface area contributed by atoms with Crippen molar-refractivity contribution in [2.45, 2.75) is 272 Å². The number of ether oxygens (including phenoxy) is 3. The lowest BCUT2D eigenvalue weighted by Gasteiger charge is -2.18. The molecule has 0 amide bonds. The van der Waals surface area contributed by atoms with E-state index in [0.29, 0.717) is 19.3 Å². The van der Waals surface area contributed by atoms with Gasteiger partial charge >= 0.3 is 17.9 Å². The van der Waals surface area contributed by atoms with Gasteiger partial charge in [0.2, 0.25) is 0 Å². The summed E-state index contributed by atoms with van der Waals surface area (Å²) in [7, 11) is 0. The van der Waals surface area contributed by atoms with Crippen LogP contribution in [-0.4, -0.2) is 37.2 Å². The van der Waals surface area contributed by atoms with E-state index in [4.69, 9.17) is 14.2 Å². The number of rotatable bonds is 43. The van der Waals surface area contributed by atoms with Crippen LogP contribution in [0, 0.1) is 11.8 Å². The first-order chi connectivity index (χ1) is 26.8. The Balaban J connectivity index is 4.33. The summed E-state index contributed by atoms with van der Waals surface area (Å²) in [5, 5.41) is 0. The van der Waals surface area contributed by atoms with Gasteiger partial charge < -0.3 is 14.2 Å². The molecule has 0 rings (SSSR count). The van der Waals surface area contributed by atoms with Gasteiger partial charge in [0.15, 0.2) is 6.10 Å². The van der Waals surface area contributed by atoms with Gasteiger partial charge in [-0.1, -0.05) is 227 Å². The molecule has 6 nitrogen and oxygen atoms in total. The molecule has 6 heteroatoms. The quantitative estimate of drug-likeness (QED) is 0.0348. The van der Waals surface area contributed by atoms with Gasteiger partial charge in [-0.05, 0) is 31.1 Å². The molecular weight excluding hydrogens is 685 g/mol. The maximum Gasteiger partial charge on any atom is 0.306 e. The van der Waals surface area contributed by atoms with E-state index >= 15 is 0 Å². The van der Waals surface area contributed by atoms with E-state index in [1.807, 2.05) is 0 Å². The first kappa shape index (κ1) is 53.4. The Labute approximate surface area is 342 Å². The van der Waals surface area contributed by atoms with Crippen molar-refractivity contribution in [3.63, 3.8) is 0 Å². The Morgan fingerprint density at radius 3 is 1.04 bits per heavy atom. The summed E-state index contributed by atoms with van der Waals surface area (Å²) >= 11 is 0. The third-order valence-corrected chi connectivity index (χ3v) is 11.3. The highest BCUT2D eigenvalue weighted by molar-refractivity contribution is 5.71. The number of esters is 3. The molecule has 0 saturated carbocycles. The summed E-state index contributed by atoms with van der Waals surface area (Å²) in [6.45, 7) is 11.3. The number of hydrogen-bond acceptors (Lipinski definition) is 6. The standard InChI is InChI=1S/C49H94O6/c1-6-8-9-10-11-12-13-14-15-16-17-24-29-34-39-47(50)53-42-46(43-54-48(51)40-35-30-25-20-18-22-27-32-37-44(3)4)55-49(52)41-36-31-26-21-19-23-28-33-38-45(5)7-2/h44-46H,6-43H2,1-5H3/t45?,46-/m0/s1. The van der Waals surface area contributed by atoms with E-state index in [2.05, 4.69) is 34.6 Å². The predicted molar refractivity (Wildman–Crippen MR) is 233 cm³/mol. The number of hydrogen-bond donors (Lipinski definition) is 0. The molecule has 0 heterocycles. The van der Waals surface area contributed by atoms with Crippen molar-refractivity contribution in [3.8, 4) is 0 Å². The summed E-state index contributed by atoms with van der Waals surface area (Å²) in [6, 6.07) is 0. The Kier molecular flexibility index (Phi) is 40.8. The van der Waals surface area contributed by atoms with Crippen LogP contribution in [0.5, 0.6) is 0 Å². The lowest BCUT2D eigenvalue weighted by Crippen LogP contribution is -2.30. The number of carbonyl (C=O) groups is 3. The molecule has 1 unspecified atom stereocenters. The predicted octanol–water partition coefficient (Wildman–Crippen LogP) is 15.4. The zero-order chi connectivity index (χ0) is 40.5. The molecular formula is C49H94O6. The molecule has 0 aromatic carbocycles. The van der Waals surface area contributed by atoms with E-state index in [1.54, 1.807) is 0 Å². The SMILES string of the molecule is CCCCCCCCCCCCCCCCC(=O)OC[C@@H](COC(=O)CCCCCCCCCCC(C)C)OC(=O)CCCCCCCCCCC(C)CC. The molecule has 0 aliphatic carbocycles. The largest absolute Gasteiger partial charge is 0.462 e. The molecule has 0 aliphatic rings. The van der Waals surface area contributed by atoms with E-state index < -0.39 is 6.10 Å². The Morgan fingerprint density at radius 1 is 0.382 bits per heavy atom. The highest BCUT2D eigenvalue weighted by atomic mass is 16.6. The lowest BCUT2D eigenvalue weighted by atomic mass is 9.99. The van der Waals surface area contributed by atoms with Crippen molar-refractivity contribution >= 4 is 17.9 Å². The van der Waals surface area contributed by atoms with E-state index in [-0.39, 0.29) is 31.1 Å². The second-order valence-electron chi connectivity index (χ2n) is 17.5. The first-order valence-corrected chi connectivity index (χ1v) is 24.3. The molecule has 0 radical (unpaired) electrons. The lowest BCUT2D eigenvalue weighted by molar-refractivity contribution is -0.167. The number of unbranched alkanes of at least 4 members (excludes halogenated alkanes) is 27. The van der Waals surface area contributed by atoms with Crippen molar-refractivity contribution in [3.05, 3.63) is 0 Å². The van der Waals surface area contributed by atoms with Gasteiger partial charge in [-0.3, -0.25) is 14.4 Å². The molecule has 0 spiro atoms. The fraction of sp³-hybridized carbons (Fsp3) is 0.939. The Hall–Kier alpha value is -1.59. The van der Waals surface area contributed by atoms with Crippen LogP contribution < -0.4 is 0 Å². The summed E-state index contributed by atoms with van der Waals surface area (Å²) in [5.74, 6) is 0.785. The highest BCUT2D eigenvalue weighted by Crippen LogP contribution is 2.17. The van der Waals surface area contributed by atoms with Crippen LogP contribution in [0.15, 0.2) is 0 Å². The third kappa shape index (κ3) is 41.9. The molecule has 55 heavy (non-hydrogen) atoms. The zero-order valence-corrected chi connectivity index (χ0v) is 37.6. The fourth-order valence-corrected chi connectivity index (χ4v) is 7.25. The minimum atomic E-state index is -0.761. The molecule has 326 valence electrons. The first-order valence-electron chi connectivity index (χ1n) is 24.3. The van der Waals surface area contributed by atoms with Crippen LogP contribution in [0.25, 0.3) is 0 Å². The van der Waals surface area contributed by atoms with Crippen LogP contribution in [0.4, 0.5) is 0 Å². The summed E-state index contributed by atoms with van der Waals surface area (Å²) in [6.07, 6.45) is 40.8. The van der Waals surface area contributed by atoms with Crippen LogP contribution in [-0.2, 0) is 28.6 Å². The number of carbonyl (C=O) groups excluding carboxylic acids is 3. The van der Waals surface area contributed by atoms with Crippen LogP contribution in [0.3, 0.4) is 0 Å². The Morgan fingerprint density at radius 2 is 0.691 bits per heavy atom. The van der Waals surface area contributed by atoms with Gasteiger partial charge in [0, 0.05) is 19.3 Å². The molecule has 0 aromatic heterocycles. The molecule has 0 aliphatic heterocycles. The van der Waals surface area contributed by atoms with E-state index in [0.717, 1.165) is 69.6 Å². The molecule has 0 aromatic rings. The minimum Gasteiger partial charge on any atom is -0.462 e. The second-order valence-corrected chi connectivity index (χ2v) is 17.5. The second kappa shape index (κ2) is 42.0. The fourth-order valence-electron chi connectivity index (χ4n) is 7.25. The van der Waals surface area contributed by atoms with Gasteiger partial charge in [-0.15, -0.1) is 0 Å². The topological polar surface area (TPSA) is 78.9 Å². The Bertz CT molecular complexity index is 841. The summed E-state index contributed by atoms with van der Waals surface area (Å²) in [4.78, 5) is 37.8. The van der Waals surface area contributed by atoms with Gasteiger partial charge in [-0.2, -0.15) is 0 Å². The van der Waals surface area contributed by atoms with Crippen LogP contribution in [0.2, 0.25) is 0 Å². The van der Waals surface area contributed by atoms with E-state index in [1.165, 1.54) is 154 Å². The van der Waals surface area contributed by atoms with Crippen molar-refractivity contribution in [2.24, 2.45) is 11.8 Å². The normalized spacial score (nSPS) is 12.5. The molecule has 2 atom stereocenters. The molecule has 0 saturated heterocycles. The maximum absolute atomic E-state index is 12.7. The van der Waals surface area contributed by atoms with Crippen LogP contribution in [0.1, 0.15) is 266 Å². The van der Waals surface area contributed by atoms with Crippen molar-refractivity contribution in [1.29, 1.82) is 0 Å². The smallest absolute Gasteiger partial charge is 0.306 e. The maximum atomic E-state index is 12.7. The monoisotopic (exact) mass is 779 g/mol. The minimum absolute atomic E-state index is 0.0648. The average Bonchev–Trinajstić information content (AvgIpc) is 3.17. The summed E-state index contributed by atoms with van der Waals surface area (Å²) < 4.78 is 16.8. The van der Waals surface area contributed by atoms with Gasteiger partial charge in [0.25, 0.3) is 0 Å². The van der Waals surface area contributed by atoms with Crippen LogP contribution >= 0.6 is 0 Å². The average molecular weight is 779 g/mol. The van der Waals surface area contributed by atoms with Gasteiger partial charge in [0.1, 0.15) is 13.2 Å². The van der Waals surface area contributed by atoms with E-state index in [9.17, 15) is 14.4 Å². The third-order valence-electron chi connectivity index (χ3n) is 11.3. The van der Waals surface area contributed by atoms with Crippen molar-refractivity contribution in [2.75, 3.05) is 13.2 Å². The molecule has 0 bridgehead atoms. The van der Waals surface area contributed by atoms with Crippen molar-refractivity contribution < 1.29 is 28.6 Å².